The van der Waals surface area contributed by atoms with Gasteiger partial charge in [-0.2, -0.15) is 5.26 Å². The van der Waals surface area contributed by atoms with Gasteiger partial charge in [0, 0.05) is 15.8 Å². The molecule has 0 aromatic carbocycles. The van der Waals surface area contributed by atoms with Gasteiger partial charge in [0.15, 0.2) is 0 Å². The third-order valence-corrected chi connectivity index (χ3v) is 4.47. The molecule has 1 aliphatic carbocycles. The van der Waals surface area contributed by atoms with Crippen LogP contribution in [-0.4, -0.2) is 30.8 Å². The van der Waals surface area contributed by atoms with Crippen LogP contribution in [0.25, 0.3) is 0 Å². The summed E-state index contributed by atoms with van der Waals surface area (Å²) in [6.45, 7) is 1.95. The summed E-state index contributed by atoms with van der Waals surface area (Å²) in [7, 11) is 0. The van der Waals surface area contributed by atoms with E-state index in [9.17, 15) is 15.4 Å². The molecule has 0 amide bonds. The van der Waals surface area contributed by atoms with Crippen LogP contribution in [0.2, 0.25) is 0 Å². The maximum atomic E-state index is 10.5. The minimum absolute atomic E-state index is 0.189. The lowest BCUT2D eigenvalue weighted by Gasteiger charge is -1.97. The molecule has 22 heavy (non-hydrogen) atoms. The van der Waals surface area contributed by atoms with E-state index in [0.29, 0.717) is 16.3 Å². The number of aryl methyl sites for hydroxylation is 1. The summed E-state index contributed by atoms with van der Waals surface area (Å²) in [5.41, 5.74) is 2.42. The Balaban J connectivity index is 1.83. The average molecular weight is 317 g/mol. The van der Waals surface area contributed by atoms with Crippen LogP contribution in [0.5, 0.6) is 0 Å². The molecule has 0 saturated carbocycles. The topological polar surface area (TPSA) is 123 Å². The maximum Gasteiger partial charge on any atom is 0.514 e. The molecule has 3 rings (SSSR count). The molecule has 0 N–H and O–H groups in total. The van der Waals surface area contributed by atoms with E-state index >= 15 is 0 Å². The second-order valence-corrected chi connectivity index (χ2v) is 5.96. The fourth-order valence-corrected chi connectivity index (χ4v) is 3.65. The SMILES string of the molecule is CC(Cn1nnc([N+](=O)[O-])n1)=Nc1sc2c(c1C#N)CCC2. The van der Waals surface area contributed by atoms with Crippen molar-refractivity contribution >= 4 is 28.0 Å². The van der Waals surface area contributed by atoms with E-state index < -0.39 is 10.9 Å². The molecule has 0 spiro atoms. The molecule has 2 aromatic heterocycles. The van der Waals surface area contributed by atoms with Crippen molar-refractivity contribution in [1.29, 1.82) is 5.26 Å². The minimum Gasteiger partial charge on any atom is -0.390 e. The summed E-state index contributed by atoms with van der Waals surface area (Å²) >= 11 is 1.54. The van der Waals surface area contributed by atoms with E-state index in [4.69, 9.17) is 0 Å². The highest BCUT2D eigenvalue weighted by atomic mass is 32.1. The number of hydrogen-bond acceptors (Lipinski definition) is 8. The Hall–Kier alpha value is -2.67. The zero-order valence-corrected chi connectivity index (χ0v) is 12.5. The van der Waals surface area contributed by atoms with E-state index in [1.54, 1.807) is 6.92 Å². The Kier molecular flexibility index (Phi) is 3.64. The van der Waals surface area contributed by atoms with E-state index in [-0.39, 0.29) is 6.54 Å². The Morgan fingerprint density at radius 3 is 3.09 bits per heavy atom. The van der Waals surface area contributed by atoms with Gasteiger partial charge in [0.25, 0.3) is 0 Å². The van der Waals surface area contributed by atoms with Crippen molar-refractivity contribution in [3.8, 4) is 6.07 Å². The van der Waals surface area contributed by atoms with Crippen LogP contribution in [-0.2, 0) is 19.4 Å². The van der Waals surface area contributed by atoms with Crippen LogP contribution in [0.3, 0.4) is 0 Å². The van der Waals surface area contributed by atoms with Gasteiger partial charge in [0.05, 0.1) is 15.8 Å². The number of rotatable bonds is 4. The van der Waals surface area contributed by atoms with E-state index in [2.05, 4.69) is 26.5 Å². The van der Waals surface area contributed by atoms with Gasteiger partial charge in [-0.15, -0.1) is 11.3 Å². The third kappa shape index (κ3) is 2.58. The summed E-state index contributed by atoms with van der Waals surface area (Å²) in [6, 6.07) is 2.23. The Morgan fingerprint density at radius 1 is 1.59 bits per heavy atom. The first-order valence-corrected chi connectivity index (χ1v) is 7.41. The molecule has 9 nitrogen and oxygen atoms in total. The molecule has 0 unspecified atom stereocenters. The largest absolute Gasteiger partial charge is 0.514 e. The number of nitrogens with zero attached hydrogens (tertiary/aromatic N) is 7. The number of fused-ring (bicyclic) bond motifs is 1. The molecule has 0 bridgehead atoms. The van der Waals surface area contributed by atoms with Crippen molar-refractivity contribution < 1.29 is 4.92 Å². The number of nitro groups is 1. The predicted molar refractivity (Wildman–Crippen MR) is 78.3 cm³/mol. The van der Waals surface area contributed by atoms with Gasteiger partial charge in [0.1, 0.15) is 17.6 Å². The fourth-order valence-electron chi connectivity index (χ4n) is 2.37. The summed E-state index contributed by atoms with van der Waals surface area (Å²) in [6.07, 6.45) is 3.02. The molecule has 0 atom stereocenters. The van der Waals surface area contributed by atoms with E-state index in [1.165, 1.54) is 16.2 Å². The zero-order chi connectivity index (χ0) is 15.7. The Bertz CT molecular complexity index is 814. The monoisotopic (exact) mass is 317 g/mol. The zero-order valence-electron chi connectivity index (χ0n) is 11.7. The number of nitriles is 1. The smallest absolute Gasteiger partial charge is 0.390 e. The summed E-state index contributed by atoms with van der Waals surface area (Å²) in [5.74, 6) is -0.541. The van der Waals surface area contributed by atoms with Gasteiger partial charge < -0.3 is 10.1 Å². The summed E-state index contributed by atoms with van der Waals surface area (Å²) < 4.78 is 0. The highest BCUT2D eigenvalue weighted by molar-refractivity contribution is 7.16. The molecule has 10 heteroatoms. The predicted octanol–water partition coefficient (Wildman–Crippen LogP) is 1.80. The van der Waals surface area contributed by atoms with Crippen molar-refractivity contribution in [1.82, 2.24) is 20.2 Å². The van der Waals surface area contributed by atoms with Gasteiger partial charge >= 0.3 is 5.95 Å². The minimum atomic E-state index is -0.701. The van der Waals surface area contributed by atoms with Crippen molar-refractivity contribution in [3.63, 3.8) is 0 Å². The molecule has 2 aromatic rings. The van der Waals surface area contributed by atoms with Crippen LogP contribution in [0.1, 0.15) is 29.3 Å². The first-order valence-electron chi connectivity index (χ1n) is 6.59. The fraction of sp³-hybridized carbons (Fsp3) is 0.417. The lowest BCUT2D eigenvalue weighted by molar-refractivity contribution is -0.394. The lowest BCUT2D eigenvalue weighted by atomic mass is 10.1. The normalized spacial score (nSPS) is 13.9. The number of tetrazole rings is 1. The highest BCUT2D eigenvalue weighted by Gasteiger charge is 2.22. The summed E-state index contributed by atoms with van der Waals surface area (Å²) in [4.78, 5) is 16.6. The van der Waals surface area contributed by atoms with Gasteiger partial charge in [-0.3, -0.25) is 0 Å². The Labute approximate surface area is 129 Å². The second kappa shape index (κ2) is 5.61. The standard InChI is InChI=1S/C12H11N7O2S/c1-7(6-18-16-12(15-17-18)19(20)21)14-11-9(5-13)8-3-2-4-10(8)22-11/h2-4,6H2,1H3. The van der Waals surface area contributed by atoms with Crippen LogP contribution >= 0.6 is 11.3 Å². The van der Waals surface area contributed by atoms with Crippen LogP contribution in [0, 0.1) is 21.4 Å². The van der Waals surface area contributed by atoms with Gasteiger partial charge in [-0.25, -0.2) is 4.99 Å². The number of thiophene rings is 1. The van der Waals surface area contributed by atoms with Gasteiger partial charge in [-0.1, -0.05) is 4.80 Å². The van der Waals surface area contributed by atoms with E-state index in [0.717, 1.165) is 29.6 Å². The van der Waals surface area contributed by atoms with E-state index in [1.807, 2.05) is 0 Å². The quantitative estimate of drug-likeness (QED) is 0.481. The Morgan fingerprint density at radius 2 is 2.41 bits per heavy atom. The molecule has 2 heterocycles. The number of hydrogen-bond donors (Lipinski definition) is 0. The van der Waals surface area contributed by atoms with Crippen LogP contribution < -0.4 is 0 Å². The highest BCUT2D eigenvalue weighted by Crippen LogP contribution is 2.40. The van der Waals surface area contributed by atoms with Crippen molar-refractivity contribution in [3.05, 3.63) is 26.1 Å². The van der Waals surface area contributed by atoms with Gasteiger partial charge in [-0.05, 0) is 36.7 Å². The molecular weight excluding hydrogens is 306 g/mol. The molecular formula is C12H11N7O2S. The maximum absolute atomic E-state index is 10.5. The van der Waals surface area contributed by atoms with Crippen molar-refractivity contribution in [2.75, 3.05) is 0 Å². The lowest BCUT2D eigenvalue weighted by Crippen LogP contribution is -2.10. The van der Waals surface area contributed by atoms with Crippen LogP contribution in [0.4, 0.5) is 10.9 Å². The molecule has 0 radical (unpaired) electrons. The van der Waals surface area contributed by atoms with Crippen molar-refractivity contribution in [2.45, 2.75) is 32.7 Å². The number of aliphatic imine (C=N–C) groups is 1. The van der Waals surface area contributed by atoms with Crippen LogP contribution in [0.15, 0.2) is 4.99 Å². The molecule has 0 saturated heterocycles. The molecule has 1 aliphatic rings. The third-order valence-electron chi connectivity index (χ3n) is 3.28. The summed E-state index contributed by atoms with van der Waals surface area (Å²) in [5, 5.41) is 31.1. The molecule has 0 aliphatic heterocycles. The molecule has 0 fully saturated rings. The van der Waals surface area contributed by atoms with Gasteiger partial charge in [0.2, 0.25) is 0 Å². The first-order chi connectivity index (χ1) is 10.6. The second-order valence-electron chi connectivity index (χ2n) is 4.87. The number of aromatic nitrogens is 4. The molecule has 112 valence electrons. The van der Waals surface area contributed by atoms with Crippen molar-refractivity contribution in [2.24, 2.45) is 4.99 Å². The first kappa shape index (κ1) is 14.3. The average Bonchev–Trinajstić information content (AvgIpc) is 3.13.